The third-order valence-corrected chi connectivity index (χ3v) is 2.66. The van der Waals surface area contributed by atoms with Crippen molar-refractivity contribution in [1.82, 2.24) is 5.32 Å². The van der Waals surface area contributed by atoms with E-state index in [0.717, 1.165) is 0 Å². The Balaban J connectivity index is 2.51. The molecule has 0 aliphatic heterocycles. The van der Waals surface area contributed by atoms with E-state index in [2.05, 4.69) is 5.32 Å². The van der Waals surface area contributed by atoms with Crippen LogP contribution in [0.25, 0.3) is 0 Å². The summed E-state index contributed by atoms with van der Waals surface area (Å²) in [5, 5.41) is 12.5. The molecular weight excluding hydrogens is 277 g/mol. The Hall–Kier alpha value is -1.82. The van der Waals surface area contributed by atoms with Gasteiger partial charge in [-0.25, -0.2) is 9.18 Å². The molecule has 1 atom stereocenters. The summed E-state index contributed by atoms with van der Waals surface area (Å²) in [5.41, 5.74) is -0.443. The van der Waals surface area contributed by atoms with E-state index in [4.69, 9.17) is 9.47 Å². The lowest BCUT2D eigenvalue weighted by atomic mass is 10.1. The van der Waals surface area contributed by atoms with Gasteiger partial charge in [0, 0.05) is 12.1 Å². The van der Waals surface area contributed by atoms with Gasteiger partial charge in [0.1, 0.15) is 5.60 Å². The molecule has 1 unspecified atom stereocenters. The number of nitrogens with one attached hydrogen (secondary N) is 1. The Morgan fingerprint density at radius 1 is 1.43 bits per heavy atom. The fraction of sp³-hybridized carbons (Fsp3) is 0.533. The van der Waals surface area contributed by atoms with Crippen LogP contribution in [0, 0.1) is 5.82 Å². The first-order valence-corrected chi connectivity index (χ1v) is 6.72. The summed E-state index contributed by atoms with van der Waals surface area (Å²) >= 11 is 0. The zero-order chi connectivity index (χ0) is 16.0. The van der Waals surface area contributed by atoms with Crippen LogP contribution < -0.4 is 10.1 Å². The number of hydrogen-bond acceptors (Lipinski definition) is 4. The van der Waals surface area contributed by atoms with Gasteiger partial charge in [-0.15, -0.1) is 0 Å². The number of methoxy groups -OCH3 is 1. The van der Waals surface area contributed by atoms with E-state index < -0.39 is 23.6 Å². The number of halogens is 1. The fourth-order valence-corrected chi connectivity index (χ4v) is 1.72. The zero-order valence-corrected chi connectivity index (χ0v) is 12.8. The summed E-state index contributed by atoms with van der Waals surface area (Å²) in [6.45, 7) is 5.44. The molecule has 0 saturated carbocycles. The molecule has 1 rings (SSSR count). The quantitative estimate of drug-likeness (QED) is 0.877. The van der Waals surface area contributed by atoms with Crippen molar-refractivity contribution in [1.29, 1.82) is 0 Å². The molecular formula is C15H22FNO4. The van der Waals surface area contributed by atoms with Crippen LogP contribution in [-0.2, 0) is 4.74 Å². The van der Waals surface area contributed by atoms with Crippen molar-refractivity contribution in [3.63, 3.8) is 0 Å². The van der Waals surface area contributed by atoms with Crippen LogP contribution in [0.3, 0.4) is 0 Å². The molecule has 0 heterocycles. The average molecular weight is 299 g/mol. The minimum absolute atomic E-state index is 0.0756. The summed E-state index contributed by atoms with van der Waals surface area (Å²) in [7, 11) is 1.36. The van der Waals surface area contributed by atoms with Gasteiger partial charge in [-0.1, -0.05) is 12.1 Å². The lowest BCUT2D eigenvalue weighted by Crippen LogP contribution is -2.33. The maximum atomic E-state index is 13.9. The monoisotopic (exact) mass is 299 g/mol. The van der Waals surface area contributed by atoms with E-state index in [0.29, 0.717) is 0 Å². The van der Waals surface area contributed by atoms with E-state index >= 15 is 0 Å². The molecule has 1 aromatic carbocycles. The predicted molar refractivity (Wildman–Crippen MR) is 76.8 cm³/mol. The molecule has 0 bridgehead atoms. The SMILES string of the molecule is COc1cccc(C(O)CCNC(=O)OC(C)(C)C)c1F. The minimum atomic E-state index is -1.03. The molecule has 0 radical (unpaired) electrons. The van der Waals surface area contributed by atoms with Gasteiger partial charge in [0.2, 0.25) is 0 Å². The normalized spacial score (nSPS) is 12.7. The third-order valence-electron chi connectivity index (χ3n) is 2.66. The van der Waals surface area contributed by atoms with Gasteiger partial charge in [-0.3, -0.25) is 0 Å². The molecule has 5 nitrogen and oxygen atoms in total. The predicted octanol–water partition coefficient (Wildman–Crippen LogP) is 2.78. The van der Waals surface area contributed by atoms with E-state index in [1.54, 1.807) is 26.8 Å². The first-order chi connectivity index (χ1) is 9.74. The highest BCUT2D eigenvalue weighted by Gasteiger charge is 2.18. The maximum absolute atomic E-state index is 13.9. The Morgan fingerprint density at radius 3 is 2.67 bits per heavy atom. The highest BCUT2D eigenvalue weighted by molar-refractivity contribution is 5.67. The summed E-state index contributed by atoms with van der Waals surface area (Å²) in [5.74, 6) is -0.517. The number of hydrogen-bond donors (Lipinski definition) is 2. The minimum Gasteiger partial charge on any atom is -0.494 e. The number of aliphatic hydroxyl groups is 1. The molecule has 0 spiro atoms. The summed E-state index contributed by atoms with van der Waals surface area (Å²) in [4.78, 5) is 11.4. The Morgan fingerprint density at radius 2 is 2.10 bits per heavy atom. The molecule has 0 aliphatic carbocycles. The van der Waals surface area contributed by atoms with Gasteiger partial charge in [0.25, 0.3) is 0 Å². The van der Waals surface area contributed by atoms with Crippen molar-refractivity contribution in [2.75, 3.05) is 13.7 Å². The number of amides is 1. The van der Waals surface area contributed by atoms with E-state index in [1.165, 1.54) is 19.2 Å². The lowest BCUT2D eigenvalue weighted by Gasteiger charge is -2.20. The molecule has 1 aromatic rings. The smallest absolute Gasteiger partial charge is 0.407 e. The molecule has 2 N–H and O–H groups in total. The van der Waals surface area contributed by atoms with E-state index in [1.807, 2.05) is 0 Å². The molecule has 6 heteroatoms. The second kappa shape index (κ2) is 7.26. The van der Waals surface area contributed by atoms with Crippen LogP contribution in [-0.4, -0.2) is 30.5 Å². The van der Waals surface area contributed by atoms with Crippen LogP contribution in [0.15, 0.2) is 18.2 Å². The van der Waals surface area contributed by atoms with Crippen molar-refractivity contribution >= 4 is 6.09 Å². The molecule has 21 heavy (non-hydrogen) atoms. The van der Waals surface area contributed by atoms with Crippen molar-refractivity contribution < 1.29 is 23.8 Å². The fourth-order valence-electron chi connectivity index (χ4n) is 1.72. The van der Waals surface area contributed by atoms with Gasteiger partial charge in [0.05, 0.1) is 13.2 Å². The Kier molecular flexibility index (Phi) is 5.96. The number of rotatable bonds is 5. The van der Waals surface area contributed by atoms with Crippen LogP contribution >= 0.6 is 0 Å². The molecule has 0 fully saturated rings. The van der Waals surface area contributed by atoms with Crippen molar-refractivity contribution in [3.05, 3.63) is 29.6 Å². The van der Waals surface area contributed by atoms with Crippen molar-refractivity contribution in [2.45, 2.75) is 38.9 Å². The number of aliphatic hydroxyl groups excluding tert-OH is 1. The maximum Gasteiger partial charge on any atom is 0.407 e. The number of carbonyl (C=O) groups is 1. The van der Waals surface area contributed by atoms with E-state index in [9.17, 15) is 14.3 Å². The topological polar surface area (TPSA) is 67.8 Å². The average Bonchev–Trinajstić information content (AvgIpc) is 2.36. The highest BCUT2D eigenvalue weighted by atomic mass is 19.1. The number of carbonyl (C=O) groups excluding carboxylic acids is 1. The summed E-state index contributed by atoms with van der Waals surface area (Å²) in [6.07, 6.45) is -1.43. The van der Waals surface area contributed by atoms with E-state index in [-0.39, 0.29) is 24.3 Å². The Bertz CT molecular complexity index is 485. The largest absolute Gasteiger partial charge is 0.494 e. The Labute approximate surface area is 124 Å². The number of alkyl carbamates (subject to hydrolysis) is 1. The molecule has 118 valence electrons. The first-order valence-electron chi connectivity index (χ1n) is 6.72. The summed E-state index contributed by atoms with van der Waals surface area (Å²) in [6, 6.07) is 4.56. The van der Waals surface area contributed by atoms with Crippen LogP contribution in [0.1, 0.15) is 38.9 Å². The van der Waals surface area contributed by atoms with Gasteiger partial charge in [0.15, 0.2) is 11.6 Å². The number of benzene rings is 1. The molecule has 0 aromatic heterocycles. The second-order valence-electron chi connectivity index (χ2n) is 5.60. The third kappa shape index (κ3) is 5.59. The van der Waals surface area contributed by atoms with Crippen molar-refractivity contribution in [2.24, 2.45) is 0 Å². The number of ether oxygens (including phenoxy) is 2. The molecule has 0 aliphatic rings. The van der Waals surface area contributed by atoms with Crippen LogP contribution in [0.5, 0.6) is 5.75 Å². The molecule has 0 saturated heterocycles. The highest BCUT2D eigenvalue weighted by Crippen LogP contribution is 2.26. The molecule has 1 amide bonds. The standard InChI is InChI=1S/C15H22FNO4/c1-15(2,3)21-14(19)17-9-8-11(18)10-6-5-7-12(20-4)13(10)16/h5-7,11,18H,8-9H2,1-4H3,(H,17,19). The van der Waals surface area contributed by atoms with Gasteiger partial charge >= 0.3 is 6.09 Å². The van der Waals surface area contributed by atoms with Gasteiger partial charge in [-0.2, -0.15) is 0 Å². The first kappa shape index (κ1) is 17.2. The van der Waals surface area contributed by atoms with Crippen molar-refractivity contribution in [3.8, 4) is 5.75 Å². The summed E-state index contributed by atoms with van der Waals surface area (Å²) < 4.78 is 23.9. The van der Waals surface area contributed by atoms with Gasteiger partial charge in [-0.05, 0) is 33.3 Å². The lowest BCUT2D eigenvalue weighted by molar-refractivity contribution is 0.0518. The van der Waals surface area contributed by atoms with Gasteiger partial charge < -0.3 is 19.9 Å². The van der Waals surface area contributed by atoms with Crippen LogP contribution in [0.4, 0.5) is 9.18 Å². The zero-order valence-electron chi connectivity index (χ0n) is 12.8. The van der Waals surface area contributed by atoms with Crippen LogP contribution in [0.2, 0.25) is 0 Å². The second-order valence-corrected chi connectivity index (χ2v) is 5.60.